The molecule has 0 spiro atoms. The van der Waals surface area contributed by atoms with Crippen molar-refractivity contribution >= 4 is 17.7 Å². The van der Waals surface area contributed by atoms with Gasteiger partial charge in [-0.25, -0.2) is 0 Å². The van der Waals surface area contributed by atoms with Crippen LogP contribution in [0.25, 0.3) is 0 Å². The molecular formula is C44H85N3O3. The second-order valence-corrected chi connectivity index (χ2v) is 22.0. The second-order valence-electron chi connectivity index (χ2n) is 22.0. The SMILES string of the molecule is CC(C)CC(C)(C)N(C(=O)C(C)(C)C)C1CC1.CC(C)C[C@@H](C)N(C(=O)C(C)(C)C)C1CC1.C[C@@H](CC(C)(C)C)N(C(=O)C(C)(C)C)C1CC1. The largest absolute Gasteiger partial charge is 0.337 e. The second kappa shape index (κ2) is 17.5. The number of hydrogen-bond donors (Lipinski definition) is 0. The zero-order valence-corrected chi connectivity index (χ0v) is 37.0. The molecule has 0 saturated heterocycles. The molecule has 3 aliphatic carbocycles. The topological polar surface area (TPSA) is 60.9 Å². The molecule has 0 bridgehead atoms. The maximum atomic E-state index is 12.6. The summed E-state index contributed by atoms with van der Waals surface area (Å²) in [5, 5.41) is 0. The Hall–Kier alpha value is -1.59. The molecule has 0 aromatic carbocycles. The van der Waals surface area contributed by atoms with Crippen LogP contribution >= 0.6 is 0 Å². The number of rotatable bonds is 11. The van der Waals surface area contributed by atoms with Crippen LogP contribution in [-0.2, 0) is 14.4 Å². The van der Waals surface area contributed by atoms with Gasteiger partial charge < -0.3 is 14.7 Å². The summed E-state index contributed by atoms with van der Waals surface area (Å²) in [6.45, 7) is 42.7. The van der Waals surface area contributed by atoms with Gasteiger partial charge in [-0.3, -0.25) is 14.4 Å². The Morgan fingerprint density at radius 3 is 1.08 bits per heavy atom. The molecule has 0 heterocycles. The normalized spacial score (nSPS) is 18.4. The Labute approximate surface area is 311 Å². The van der Waals surface area contributed by atoms with Crippen molar-refractivity contribution in [2.75, 3.05) is 0 Å². The van der Waals surface area contributed by atoms with E-state index in [0.717, 1.165) is 19.3 Å². The van der Waals surface area contributed by atoms with Gasteiger partial charge in [-0.15, -0.1) is 0 Å². The fraction of sp³-hybridized carbons (Fsp3) is 0.932. The highest BCUT2D eigenvalue weighted by atomic mass is 16.2. The lowest BCUT2D eigenvalue weighted by Gasteiger charge is -2.43. The van der Waals surface area contributed by atoms with Crippen LogP contribution in [0.5, 0.6) is 0 Å². The van der Waals surface area contributed by atoms with Crippen LogP contribution < -0.4 is 0 Å². The van der Waals surface area contributed by atoms with E-state index in [4.69, 9.17) is 0 Å². The zero-order valence-electron chi connectivity index (χ0n) is 37.0. The summed E-state index contributed by atoms with van der Waals surface area (Å²) < 4.78 is 0. The summed E-state index contributed by atoms with van der Waals surface area (Å²) in [6, 6.07) is 2.28. The van der Waals surface area contributed by atoms with Gasteiger partial charge in [0.1, 0.15) is 0 Å². The molecule has 3 rings (SSSR count). The highest BCUT2D eigenvalue weighted by Gasteiger charge is 2.45. The molecule has 3 fully saturated rings. The van der Waals surface area contributed by atoms with Crippen molar-refractivity contribution in [3.63, 3.8) is 0 Å². The quantitative estimate of drug-likeness (QED) is 0.215. The molecule has 294 valence electrons. The smallest absolute Gasteiger partial charge is 0.228 e. The van der Waals surface area contributed by atoms with Crippen LogP contribution in [0.15, 0.2) is 0 Å². The summed E-state index contributed by atoms with van der Waals surface area (Å²) >= 11 is 0. The van der Waals surface area contributed by atoms with Gasteiger partial charge in [0.2, 0.25) is 17.7 Å². The van der Waals surface area contributed by atoms with Crippen LogP contribution in [0.1, 0.15) is 196 Å². The minimum atomic E-state index is -0.267. The molecule has 0 aromatic heterocycles. The van der Waals surface area contributed by atoms with Crippen molar-refractivity contribution in [2.24, 2.45) is 33.5 Å². The summed E-state index contributed by atoms with van der Waals surface area (Å²) in [4.78, 5) is 44.0. The molecule has 3 aliphatic rings. The highest BCUT2D eigenvalue weighted by Crippen LogP contribution is 2.39. The van der Waals surface area contributed by atoms with Crippen LogP contribution in [0, 0.1) is 33.5 Å². The molecule has 2 atom stereocenters. The standard InChI is InChI=1S/2C15H29NO.C14H27NO/c1-11(10-14(2,3)4)16(12-8-9-12)13(17)15(5,6)7;1-11(2)10-15(6,7)16(12-8-9-12)13(17)14(3,4)5;1-10(2)9-11(3)15(12-7-8-12)13(16)14(4,5)6/h2*11-12H,8-10H2,1-7H3;10-12H,7-9H2,1-6H3/t11-;;11-/m0.1/s1. The van der Waals surface area contributed by atoms with Gasteiger partial charge in [0.05, 0.1) is 0 Å². The van der Waals surface area contributed by atoms with Gasteiger partial charge in [0, 0.05) is 52.0 Å². The summed E-state index contributed by atoms with van der Waals surface area (Å²) in [5.74, 6) is 2.23. The molecule has 0 aliphatic heterocycles. The van der Waals surface area contributed by atoms with E-state index < -0.39 is 0 Å². The predicted octanol–water partition coefficient (Wildman–Crippen LogP) is 11.2. The summed E-state index contributed by atoms with van der Waals surface area (Å²) in [6.07, 6.45) is 10.4. The molecule has 6 nitrogen and oxygen atoms in total. The van der Waals surface area contributed by atoms with E-state index >= 15 is 0 Å². The molecule has 3 saturated carbocycles. The maximum Gasteiger partial charge on any atom is 0.228 e. The first-order valence-electron chi connectivity index (χ1n) is 20.3. The summed E-state index contributed by atoms with van der Waals surface area (Å²) in [7, 11) is 0. The minimum absolute atomic E-state index is 0.0142. The van der Waals surface area contributed by atoms with Gasteiger partial charge in [0.25, 0.3) is 0 Å². The Kier molecular flexibility index (Phi) is 16.2. The van der Waals surface area contributed by atoms with E-state index in [2.05, 4.69) is 90.9 Å². The Morgan fingerprint density at radius 1 is 0.480 bits per heavy atom. The van der Waals surface area contributed by atoms with Crippen molar-refractivity contribution in [2.45, 2.75) is 232 Å². The maximum absolute atomic E-state index is 12.6. The average Bonchev–Trinajstić information content (AvgIpc) is 3.72. The zero-order chi connectivity index (χ0) is 39.4. The Bertz CT molecular complexity index is 1080. The van der Waals surface area contributed by atoms with Crippen molar-refractivity contribution in [1.29, 1.82) is 0 Å². The number of amides is 3. The number of carbonyl (C=O) groups excluding carboxylic acids is 3. The van der Waals surface area contributed by atoms with Crippen LogP contribution in [0.3, 0.4) is 0 Å². The average molecular weight is 704 g/mol. The molecule has 50 heavy (non-hydrogen) atoms. The first kappa shape index (κ1) is 46.4. The van der Waals surface area contributed by atoms with Gasteiger partial charge in [-0.05, 0) is 103 Å². The predicted molar refractivity (Wildman–Crippen MR) is 214 cm³/mol. The Balaban J connectivity index is 0.000000375. The fourth-order valence-electron chi connectivity index (χ4n) is 7.44. The monoisotopic (exact) mass is 704 g/mol. The fourth-order valence-corrected chi connectivity index (χ4v) is 7.44. The molecule has 0 aromatic rings. The lowest BCUT2D eigenvalue weighted by molar-refractivity contribution is -0.146. The minimum Gasteiger partial charge on any atom is -0.337 e. The van der Waals surface area contributed by atoms with Gasteiger partial charge in [-0.2, -0.15) is 0 Å². The third-order valence-corrected chi connectivity index (χ3v) is 9.64. The van der Waals surface area contributed by atoms with E-state index in [1.165, 1.54) is 38.5 Å². The van der Waals surface area contributed by atoms with Crippen molar-refractivity contribution < 1.29 is 14.4 Å². The van der Waals surface area contributed by atoms with Gasteiger partial charge in [-0.1, -0.05) is 111 Å². The highest BCUT2D eigenvalue weighted by molar-refractivity contribution is 5.83. The molecule has 0 N–H and O–H groups in total. The van der Waals surface area contributed by atoms with Crippen LogP contribution in [0.2, 0.25) is 0 Å². The molecule has 0 radical (unpaired) electrons. The summed E-state index contributed by atoms with van der Waals surface area (Å²) in [5.41, 5.74) is -0.496. The van der Waals surface area contributed by atoms with Crippen molar-refractivity contribution in [1.82, 2.24) is 14.7 Å². The third-order valence-electron chi connectivity index (χ3n) is 9.64. The first-order valence-corrected chi connectivity index (χ1v) is 20.3. The van der Waals surface area contributed by atoms with E-state index in [0.29, 0.717) is 59.8 Å². The number of hydrogen-bond acceptors (Lipinski definition) is 3. The number of nitrogens with zero attached hydrogens (tertiary/aromatic N) is 3. The van der Waals surface area contributed by atoms with Gasteiger partial charge in [0.15, 0.2) is 0 Å². The Morgan fingerprint density at radius 2 is 0.820 bits per heavy atom. The molecular weight excluding hydrogens is 619 g/mol. The molecule has 0 unspecified atom stereocenters. The van der Waals surface area contributed by atoms with E-state index in [1.807, 2.05) is 62.3 Å². The van der Waals surface area contributed by atoms with E-state index in [-0.39, 0.29) is 27.2 Å². The third kappa shape index (κ3) is 16.0. The number of carbonyl (C=O) groups is 3. The first-order chi connectivity index (χ1) is 22.3. The van der Waals surface area contributed by atoms with Crippen molar-refractivity contribution in [3.05, 3.63) is 0 Å². The van der Waals surface area contributed by atoms with Crippen molar-refractivity contribution in [3.8, 4) is 0 Å². The van der Waals surface area contributed by atoms with E-state index in [9.17, 15) is 14.4 Å². The van der Waals surface area contributed by atoms with Gasteiger partial charge >= 0.3 is 0 Å². The lowest BCUT2D eigenvalue weighted by atomic mass is 9.86. The van der Waals surface area contributed by atoms with Crippen LogP contribution in [-0.4, -0.2) is 68.2 Å². The van der Waals surface area contributed by atoms with Crippen LogP contribution in [0.4, 0.5) is 0 Å². The van der Waals surface area contributed by atoms with E-state index in [1.54, 1.807) is 0 Å². The lowest BCUT2D eigenvalue weighted by Crippen LogP contribution is -2.53. The molecule has 3 amide bonds. The molecule has 6 heteroatoms.